The number of pyridine rings is 2. The molecule has 1 saturated carbocycles. The molecule has 126 valence electrons. The van der Waals surface area contributed by atoms with Gasteiger partial charge in [-0.1, -0.05) is 0 Å². The van der Waals surface area contributed by atoms with Gasteiger partial charge in [-0.05, 0) is 36.6 Å². The van der Waals surface area contributed by atoms with E-state index in [-0.39, 0.29) is 22.5 Å². The molecule has 3 aromatic rings. The number of carboxylic acids is 1. The molecule has 2 heterocycles. The summed E-state index contributed by atoms with van der Waals surface area (Å²) in [7, 11) is 0. The summed E-state index contributed by atoms with van der Waals surface area (Å²) >= 11 is 0. The summed E-state index contributed by atoms with van der Waals surface area (Å²) in [5.74, 6) is -3.21. The first-order valence-corrected chi connectivity index (χ1v) is 7.69. The standard InChI is InChI=1S/C18H12F2N2O3/c19-13-7-11-16(15(20)14(13)9-3-5-21-6-4-9)22(10-1-2-10)8-12(17(11)23)18(24)25/h3-8,10H,1-2H2,(H,24,25). The van der Waals surface area contributed by atoms with Crippen molar-refractivity contribution in [2.45, 2.75) is 18.9 Å². The molecule has 1 N–H and O–H groups in total. The van der Waals surface area contributed by atoms with Crippen LogP contribution in [0.2, 0.25) is 0 Å². The number of aromatic carboxylic acids is 1. The van der Waals surface area contributed by atoms with Crippen LogP contribution in [0, 0.1) is 11.6 Å². The van der Waals surface area contributed by atoms with Crippen LogP contribution in [0.15, 0.2) is 41.6 Å². The molecule has 0 unspecified atom stereocenters. The van der Waals surface area contributed by atoms with Crippen LogP contribution in [0.25, 0.3) is 22.0 Å². The monoisotopic (exact) mass is 342 g/mol. The molecule has 0 atom stereocenters. The van der Waals surface area contributed by atoms with E-state index in [1.807, 2.05) is 0 Å². The minimum Gasteiger partial charge on any atom is -0.477 e. The molecule has 1 aliphatic carbocycles. The Kier molecular flexibility index (Phi) is 3.38. The predicted molar refractivity (Wildman–Crippen MR) is 86.6 cm³/mol. The van der Waals surface area contributed by atoms with E-state index in [0.29, 0.717) is 5.56 Å². The van der Waals surface area contributed by atoms with Gasteiger partial charge in [-0.25, -0.2) is 13.6 Å². The van der Waals surface area contributed by atoms with E-state index in [9.17, 15) is 19.1 Å². The van der Waals surface area contributed by atoms with Gasteiger partial charge in [0, 0.05) is 24.6 Å². The molecule has 1 aliphatic rings. The van der Waals surface area contributed by atoms with E-state index in [1.54, 1.807) is 0 Å². The number of carbonyl (C=O) groups is 1. The highest BCUT2D eigenvalue weighted by Gasteiger charge is 2.30. The van der Waals surface area contributed by atoms with Crippen molar-refractivity contribution >= 4 is 16.9 Å². The summed E-state index contributed by atoms with van der Waals surface area (Å²) in [4.78, 5) is 27.5. The molecule has 25 heavy (non-hydrogen) atoms. The lowest BCUT2D eigenvalue weighted by Crippen LogP contribution is -2.20. The molecule has 0 bridgehead atoms. The highest BCUT2D eigenvalue weighted by Crippen LogP contribution is 2.39. The van der Waals surface area contributed by atoms with Crippen LogP contribution in [0.1, 0.15) is 29.2 Å². The molecule has 1 fully saturated rings. The van der Waals surface area contributed by atoms with Gasteiger partial charge in [-0.15, -0.1) is 0 Å². The second kappa shape index (κ2) is 5.47. The number of halogens is 2. The highest BCUT2D eigenvalue weighted by molar-refractivity contribution is 5.94. The molecule has 2 aromatic heterocycles. The van der Waals surface area contributed by atoms with Crippen LogP contribution in [-0.2, 0) is 0 Å². The van der Waals surface area contributed by atoms with Crippen LogP contribution in [-0.4, -0.2) is 20.6 Å². The van der Waals surface area contributed by atoms with Gasteiger partial charge < -0.3 is 9.67 Å². The zero-order valence-corrected chi connectivity index (χ0v) is 12.9. The minimum atomic E-state index is -1.42. The first-order valence-electron chi connectivity index (χ1n) is 7.69. The second-order valence-corrected chi connectivity index (χ2v) is 5.99. The fourth-order valence-corrected chi connectivity index (χ4v) is 3.02. The number of carboxylic acid groups (broad SMARTS) is 1. The Bertz CT molecular complexity index is 1070. The normalized spacial score (nSPS) is 14.0. The summed E-state index contributed by atoms with van der Waals surface area (Å²) in [6, 6.07) is 3.77. The van der Waals surface area contributed by atoms with E-state index in [2.05, 4.69) is 4.98 Å². The number of hydrogen-bond donors (Lipinski definition) is 1. The quantitative estimate of drug-likeness (QED) is 0.792. The highest BCUT2D eigenvalue weighted by atomic mass is 19.1. The maximum absolute atomic E-state index is 15.2. The van der Waals surface area contributed by atoms with Crippen molar-refractivity contribution in [3.8, 4) is 11.1 Å². The van der Waals surface area contributed by atoms with Crippen molar-refractivity contribution in [3.05, 3.63) is 64.2 Å². The average Bonchev–Trinajstić information content (AvgIpc) is 3.41. The smallest absolute Gasteiger partial charge is 0.341 e. The Morgan fingerprint density at radius 1 is 1.24 bits per heavy atom. The van der Waals surface area contributed by atoms with Crippen LogP contribution in [0.3, 0.4) is 0 Å². The number of fused-ring (bicyclic) bond motifs is 1. The summed E-state index contributed by atoms with van der Waals surface area (Å²) in [5.41, 5.74) is -1.41. The summed E-state index contributed by atoms with van der Waals surface area (Å²) in [6.07, 6.45) is 5.48. The van der Waals surface area contributed by atoms with Gasteiger partial charge in [-0.3, -0.25) is 9.78 Å². The molecule has 0 amide bonds. The number of nitrogens with zero attached hydrogens (tertiary/aromatic N) is 2. The Morgan fingerprint density at radius 2 is 1.92 bits per heavy atom. The van der Waals surface area contributed by atoms with Crippen molar-refractivity contribution in [1.82, 2.24) is 9.55 Å². The Balaban J connectivity index is 2.14. The van der Waals surface area contributed by atoms with Crippen molar-refractivity contribution in [1.29, 1.82) is 0 Å². The third kappa shape index (κ3) is 2.39. The maximum atomic E-state index is 15.2. The van der Waals surface area contributed by atoms with E-state index in [4.69, 9.17) is 0 Å². The lowest BCUT2D eigenvalue weighted by Gasteiger charge is -2.15. The predicted octanol–water partition coefficient (Wildman–Crippen LogP) is 3.37. The summed E-state index contributed by atoms with van der Waals surface area (Å²) in [6.45, 7) is 0. The van der Waals surface area contributed by atoms with Gasteiger partial charge >= 0.3 is 5.97 Å². The SMILES string of the molecule is O=C(O)c1cn(C2CC2)c2c(F)c(-c3ccncc3)c(F)cc2c1=O. The Morgan fingerprint density at radius 3 is 2.52 bits per heavy atom. The molecule has 1 aromatic carbocycles. The number of rotatable bonds is 3. The van der Waals surface area contributed by atoms with Gasteiger partial charge in [0.2, 0.25) is 5.43 Å². The zero-order valence-electron chi connectivity index (χ0n) is 12.9. The zero-order chi connectivity index (χ0) is 17.7. The van der Waals surface area contributed by atoms with Crippen molar-refractivity contribution in [3.63, 3.8) is 0 Å². The van der Waals surface area contributed by atoms with E-state index < -0.39 is 28.6 Å². The molecular formula is C18H12F2N2O3. The first-order chi connectivity index (χ1) is 12.0. The molecule has 0 spiro atoms. The van der Waals surface area contributed by atoms with Crippen molar-refractivity contribution in [2.24, 2.45) is 0 Å². The Hall–Kier alpha value is -3.09. The van der Waals surface area contributed by atoms with E-state index >= 15 is 4.39 Å². The topological polar surface area (TPSA) is 72.2 Å². The lowest BCUT2D eigenvalue weighted by molar-refractivity contribution is 0.0695. The largest absolute Gasteiger partial charge is 0.477 e. The number of benzene rings is 1. The third-order valence-electron chi connectivity index (χ3n) is 4.35. The average molecular weight is 342 g/mol. The van der Waals surface area contributed by atoms with Crippen LogP contribution in [0.4, 0.5) is 8.78 Å². The number of hydrogen-bond acceptors (Lipinski definition) is 3. The molecule has 0 radical (unpaired) electrons. The first kappa shape index (κ1) is 15.4. The van der Waals surface area contributed by atoms with Crippen LogP contribution >= 0.6 is 0 Å². The van der Waals surface area contributed by atoms with Gasteiger partial charge in [0.05, 0.1) is 16.5 Å². The summed E-state index contributed by atoms with van der Waals surface area (Å²) in [5, 5.41) is 8.95. The van der Waals surface area contributed by atoms with E-state index in [1.165, 1.54) is 29.1 Å². The lowest BCUT2D eigenvalue weighted by atomic mass is 10.0. The minimum absolute atomic E-state index is 0.0642. The fraction of sp³-hybridized carbons (Fsp3) is 0.167. The second-order valence-electron chi connectivity index (χ2n) is 5.99. The van der Waals surface area contributed by atoms with Crippen molar-refractivity contribution < 1.29 is 18.7 Å². The third-order valence-corrected chi connectivity index (χ3v) is 4.35. The molecule has 0 aliphatic heterocycles. The summed E-state index contributed by atoms with van der Waals surface area (Å²) < 4.78 is 31.2. The van der Waals surface area contributed by atoms with Gasteiger partial charge in [0.1, 0.15) is 11.4 Å². The number of aromatic nitrogens is 2. The van der Waals surface area contributed by atoms with E-state index in [0.717, 1.165) is 25.1 Å². The molecule has 5 nitrogen and oxygen atoms in total. The van der Waals surface area contributed by atoms with Gasteiger partial charge in [-0.2, -0.15) is 0 Å². The molecule has 0 saturated heterocycles. The van der Waals surface area contributed by atoms with Crippen molar-refractivity contribution in [2.75, 3.05) is 0 Å². The van der Waals surface area contributed by atoms with Gasteiger partial charge in [0.15, 0.2) is 5.82 Å². The maximum Gasteiger partial charge on any atom is 0.341 e. The molecule has 4 rings (SSSR count). The Labute approximate surface area is 140 Å². The van der Waals surface area contributed by atoms with Crippen LogP contribution in [0.5, 0.6) is 0 Å². The fourth-order valence-electron chi connectivity index (χ4n) is 3.02. The van der Waals surface area contributed by atoms with Gasteiger partial charge in [0.25, 0.3) is 0 Å². The molecule has 7 heteroatoms. The molecular weight excluding hydrogens is 330 g/mol. The van der Waals surface area contributed by atoms with Crippen LogP contribution < -0.4 is 5.43 Å².